The lowest BCUT2D eigenvalue weighted by atomic mass is 9.80. The predicted molar refractivity (Wildman–Crippen MR) is 194 cm³/mol. The number of carboxylic acids is 4. The number of anilines is 2. The van der Waals surface area contributed by atoms with E-state index in [1.807, 2.05) is 0 Å². The van der Waals surface area contributed by atoms with E-state index in [9.17, 15) is 59.1 Å². The molecule has 0 bridgehead atoms. The zero-order valence-electron chi connectivity index (χ0n) is 29.2. The highest BCUT2D eigenvalue weighted by atomic mass is 16.5. The van der Waals surface area contributed by atoms with Gasteiger partial charge in [0.1, 0.15) is 35.1 Å². The number of phenolic OH excluding ortho intramolecular Hbond substituents is 1. The van der Waals surface area contributed by atoms with E-state index in [4.69, 9.17) is 14.2 Å². The molecule has 280 valence electrons. The van der Waals surface area contributed by atoms with Crippen molar-refractivity contribution in [3.63, 3.8) is 0 Å². The molecule has 17 heteroatoms. The van der Waals surface area contributed by atoms with Gasteiger partial charge in [-0.2, -0.15) is 0 Å². The van der Waals surface area contributed by atoms with Crippen molar-refractivity contribution in [2.75, 3.05) is 32.0 Å². The van der Waals surface area contributed by atoms with Gasteiger partial charge in [0.2, 0.25) is 10.9 Å². The Morgan fingerprint density at radius 2 is 1.24 bits per heavy atom. The molecule has 0 saturated heterocycles. The van der Waals surface area contributed by atoms with Crippen molar-refractivity contribution in [2.24, 2.45) is 0 Å². The molecule has 6 rings (SSSR count). The van der Waals surface area contributed by atoms with Gasteiger partial charge in [0.25, 0.3) is 0 Å². The van der Waals surface area contributed by atoms with Gasteiger partial charge in [-0.05, 0) is 19.2 Å². The van der Waals surface area contributed by atoms with Crippen LogP contribution in [-0.4, -0.2) is 88.6 Å². The van der Waals surface area contributed by atoms with Crippen molar-refractivity contribution in [1.82, 2.24) is 0 Å². The molecular weight excluding hydrogens is 712 g/mol. The monoisotopic (exact) mass is 744 g/mol. The number of allylic oxidation sites excluding steroid dienone is 1. The first kappa shape index (κ1) is 36.9. The van der Waals surface area contributed by atoms with Crippen LogP contribution < -0.4 is 35.7 Å². The number of aromatic hydroxyl groups is 1. The molecule has 3 unspecified atom stereocenters. The summed E-state index contributed by atoms with van der Waals surface area (Å²) in [5, 5.41) is 55.6. The summed E-state index contributed by atoms with van der Waals surface area (Å²) in [7, 11) is 3.74. The van der Waals surface area contributed by atoms with Crippen LogP contribution in [0.4, 0.5) is 11.4 Å². The highest BCUT2D eigenvalue weighted by Crippen LogP contribution is 2.56. The molecular formula is C37H32N2O15. The average Bonchev–Trinajstić information content (AvgIpc) is 3.22. The fraction of sp³-hybridized carbons (Fsp3) is 0.270. The van der Waals surface area contributed by atoms with Crippen LogP contribution in [0.2, 0.25) is 0 Å². The van der Waals surface area contributed by atoms with Gasteiger partial charge in [-0.25, -0.2) is 9.59 Å². The Balaban J connectivity index is 2.04. The van der Waals surface area contributed by atoms with Crippen LogP contribution in [0.15, 0.2) is 27.3 Å². The average molecular weight is 745 g/mol. The second kappa shape index (κ2) is 13.3. The minimum Gasteiger partial charge on any atom is -0.507 e. The van der Waals surface area contributed by atoms with Crippen LogP contribution in [0.5, 0.6) is 23.0 Å². The first-order chi connectivity index (χ1) is 25.5. The van der Waals surface area contributed by atoms with Crippen molar-refractivity contribution in [1.29, 1.82) is 0 Å². The molecule has 0 amide bonds. The molecule has 54 heavy (non-hydrogen) atoms. The lowest BCUT2D eigenvalue weighted by molar-refractivity contribution is -0.144. The van der Waals surface area contributed by atoms with Gasteiger partial charge in [0.05, 0.1) is 62.2 Å². The van der Waals surface area contributed by atoms with Gasteiger partial charge in [-0.3, -0.25) is 24.0 Å². The normalized spacial score (nSPS) is 14.8. The van der Waals surface area contributed by atoms with Gasteiger partial charge in [-0.1, -0.05) is 11.6 Å². The first-order valence-corrected chi connectivity index (χ1v) is 16.2. The third kappa shape index (κ3) is 5.43. The maximum absolute atomic E-state index is 15.0. The number of phenols is 1. The van der Waals surface area contributed by atoms with E-state index >= 15 is 0 Å². The first-order valence-electron chi connectivity index (χ1n) is 16.2. The van der Waals surface area contributed by atoms with Crippen LogP contribution in [-0.2, 0) is 24.0 Å². The van der Waals surface area contributed by atoms with E-state index in [-0.39, 0.29) is 82.7 Å². The number of carbonyl (C=O) groups excluding carboxylic acids is 1. The molecule has 0 aromatic heterocycles. The summed E-state index contributed by atoms with van der Waals surface area (Å²) in [4.78, 5) is 91.1. The van der Waals surface area contributed by atoms with Gasteiger partial charge in [0, 0.05) is 50.2 Å². The van der Waals surface area contributed by atoms with Crippen molar-refractivity contribution in [3.05, 3.63) is 49.3 Å². The Labute approximate surface area is 302 Å². The Morgan fingerprint density at radius 1 is 0.704 bits per heavy atom. The summed E-state index contributed by atoms with van der Waals surface area (Å²) >= 11 is 0. The van der Waals surface area contributed by atoms with Crippen LogP contribution >= 0.6 is 0 Å². The Hall–Kier alpha value is -6.91. The molecule has 0 aliphatic heterocycles. The van der Waals surface area contributed by atoms with Crippen LogP contribution in [0.1, 0.15) is 43.7 Å². The topological polar surface area (TPSA) is 272 Å². The number of rotatable bonds is 14. The van der Waals surface area contributed by atoms with E-state index in [1.54, 1.807) is 0 Å². The molecule has 0 radical (unpaired) electrons. The van der Waals surface area contributed by atoms with Gasteiger partial charge >= 0.3 is 23.9 Å². The summed E-state index contributed by atoms with van der Waals surface area (Å²) in [5.41, 5.74) is -2.25. The van der Waals surface area contributed by atoms with Gasteiger partial charge in [-0.15, -0.1) is 0 Å². The Kier molecular flexibility index (Phi) is 9.05. The Bertz CT molecular complexity index is 2650. The maximum Gasteiger partial charge on any atom is 0.326 e. The van der Waals surface area contributed by atoms with Crippen molar-refractivity contribution in [3.8, 4) is 23.0 Å². The zero-order chi connectivity index (χ0) is 39.7. The minimum atomic E-state index is -1.90. The lowest BCUT2D eigenvalue weighted by Crippen LogP contribution is -2.34. The summed E-state index contributed by atoms with van der Waals surface area (Å²) < 4.78 is 17.2. The second-order valence-corrected chi connectivity index (χ2v) is 12.8. The fourth-order valence-corrected chi connectivity index (χ4v) is 7.65. The maximum atomic E-state index is 15.0. The highest BCUT2D eigenvalue weighted by molar-refractivity contribution is 6.40. The van der Waals surface area contributed by atoms with Gasteiger partial charge < -0.3 is 50.4 Å². The zero-order valence-corrected chi connectivity index (χ0v) is 29.2. The largest absolute Gasteiger partial charge is 0.507 e. The summed E-state index contributed by atoms with van der Waals surface area (Å²) in [6, 6.07) is -1.33. The summed E-state index contributed by atoms with van der Waals surface area (Å²) in [5.74, 6) is -8.86. The molecule has 5 aromatic carbocycles. The third-order valence-electron chi connectivity index (χ3n) is 9.67. The summed E-state index contributed by atoms with van der Waals surface area (Å²) in [6.07, 6.45) is -0.525. The van der Waals surface area contributed by atoms with Crippen molar-refractivity contribution < 1.29 is 63.7 Å². The molecule has 5 aromatic rings. The number of Topliss-reactive ketones (excluding diaryl/α,β-unsaturated/α-hetero) is 1. The van der Waals surface area contributed by atoms with Crippen molar-refractivity contribution >= 4 is 90.2 Å². The smallest absolute Gasteiger partial charge is 0.326 e. The molecule has 1 aliphatic carbocycles. The standard InChI is InChI=1S/C37H32N2O15/c1-11-6-13-23-28-24(33(46)32(13)39-16(37(50)51)9-21(44)45)14(38-15(36(48)49)8-20(42)43)7-18(52-3)26(28)27-19(53-4)10-17(41)25-30(27)29(23)31(22(11)12(2)40)35(54-5)34(25)47/h6-7,10,15-16,22,38-39,41H,8-9H2,1-5H3,(H,42,43)(H,44,45)(H,48,49)(H,50,51). The predicted octanol–water partition coefficient (Wildman–Crippen LogP) is 3.40. The number of carboxylic acid groups (broad SMARTS) is 4. The molecule has 17 nitrogen and oxygen atoms in total. The quantitative estimate of drug-likeness (QED) is 0.0634. The number of benzene rings is 5. The molecule has 0 spiro atoms. The van der Waals surface area contributed by atoms with E-state index in [2.05, 4.69) is 10.6 Å². The minimum absolute atomic E-state index is 0.0103. The van der Waals surface area contributed by atoms with E-state index in [1.165, 1.54) is 53.4 Å². The second-order valence-electron chi connectivity index (χ2n) is 12.8. The highest BCUT2D eigenvalue weighted by Gasteiger charge is 2.38. The van der Waals surface area contributed by atoms with E-state index in [0.29, 0.717) is 0 Å². The molecule has 0 heterocycles. The number of ketones is 1. The molecule has 1 aliphatic rings. The Morgan fingerprint density at radius 3 is 1.74 bits per heavy atom. The number of fused-ring (bicyclic) bond motifs is 1. The number of hydrogen-bond donors (Lipinski definition) is 7. The number of methoxy groups -OCH3 is 3. The fourth-order valence-electron chi connectivity index (χ4n) is 7.65. The van der Waals surface area contributed by atoms with E-state index < -0.39 is 82.8 Å². The summed E-state index contributed by atoms with van der Waals surface area (Å²) in [6.45, 7) is 2.80. The van der Waals surface area contributed by atoms with Crippen LogP contribution in [0, 0.1) is 0 Å². The number of hydrogen-bond acceptors (Lipinski definition) is 13. The molecule has 7 N–H and O–H groups in total. The van der Waals surface area contributed by atoms with Crippen LogP contribution in [0.25, 0.3) is 49.2 Å². The van der Waals surface area contributed by atoms with E-state index in [0.717, 1.165) is 0 Å². The van der Waals surface area contributed by atoms with Crippen LogP contribution in [0.3, 0.4) is 0 Å². The number of aliphatic carboxylic acids is 4. The number of carbonyl (C=O) groups is 5. The number of ether oxygens (including phenoxy) is 3. The third-order valence-corrected chi connectivity index (χ3v) is 9.67. The number of nitrogens with one attached hydrogen (secondary N) is 2. The molecule has 0 fully saturated rings. The van der Waals surface area contributed by atoms with Crippen molar-refractivity contribution in [2.45, 2.75) is 44.7 Å². The van der Waals surface area contributed by atoms with Gasteiger partial charge in [0.15, 0.2) is 5.75 Å². The lowest BCUT2D eigenvalue weighted by Gasteiger charge is -2.26. The molecule has 3 atom stereocenters. The molecule has 0 saturated carbocycles. The SMILES string of the molecule is COc1c2c3c4c(c(NC(CC(=O)O)C(=O)O)c(=O)c5c(NC(CC(=O)O)C(=O)O)cc(OC)c(c6c(OC)cc(O)c(c1=O)c63)c54)C=C(C)C2C(C)=O.